The van der Waals surface area contributed by atoms with Gasteiger partial charge in [-0.3, -0.25) is 5.32 Å². The molecule has 2 aromatic rings. The van der Waals surface area contributed by atoms with Gasteiger partial charge in [-0.15, -0.1) is 0 Å². The fraction of sp³-hybridized carbons (Fsp3) is 0.133. The Bertz CT molecular complexity index is 570. The summed E-state index contributed by atoms with van der Waals surface area (Å²) in [6, 6.07) is 15.2. The van der Waals surface area contributed by atoms with Gasteiger partial charge in [-0.05, 0) is 30.2 Å². The predicted octanol–water partition coefficient (Wildman–Crippen LogP) is 4.51. The molecule has 2 rings (SSSR count). The normalized spacial score (nSPS) is 10.0. The zero-order valence-electron chi connectivity index (χ0n) is 10.5. The van der Waals surface area contributed by atoms with Crippen molar-refractivity contribution in [3.8, 4) is 0 Å². The Morgan fingerprint density at radius 3 is 2.63 bits per heavy atom. The van der Waals surface area contributed by atoms with Crippen molar-refractivity contribution in [1.29, 1.82) is 0 Å². The molecule has 0 aliphatic heterocycles. The molecular weight excluding hydrogens is 306 g/mol. The molecule has 0 aliphatic carbocycles. The van der Waals surface area contributed by atoms with E-state index in [0.29, 0.717) is 0 Å². The van der Waals surface area contributed by atoms with Gasteiger partial charge in [0.15, 0.2) is 0 Å². The van der Waals surface area contributed by atoms with E-state index in [9.17, 15) is 4.79 Å². The zero-order chi connectivity index (χ0) is 13.7. The molecule has 0 aromatic heterocycles. The highest BCUT2D eigenvalue weighted by Gasteiger charge is 2.07. The summed E-state index contributed by atoms with van der Waals surface area (Å²) in [6.45, 7) is 2.19. The van der Waals surface area contributed by atoms with Crippen molar-refractivity contribution in [2.75, 3.05) is 5.32 Å². The smallest absolute Gasteiger partial charge is 0.411 e. The molecular formula is C15H14BrNO2. The van der Waals surface area contributed by atoms with Gasteiger partial charge in [-0.25, -0.2) is 4.79 Å². The first-order chi connectivity index (χ1) is 9.16. The van der Waals surface area contributed by atoms with Crippen molar-refractivity contribution in [3.05, 3.63) is 64.1 Å². The van der Waals surface area contributed by atoms with Gasteiger partial charge in [0.1, 0.15) is 6.61 Å². The molecule has 0 unspecified atom stereocenters. The molecule has 0 fully saturated rings. The van der Waals surface area contributed by atoms with Crippen LogP contribution in [0.15, 0.2) is 53.0 Å². The molecule has 3 nitrogen and oxygen atoms in total. The number of anilines is 1. The van der Waals surface area contributed by atoms with Crippen LogP contribution < -0.4 is 5.32 Å². The third-order valence-corrected chi connectivity index (χ3v) is 3.58. The first-order valence-electron chi connectivity index (χ1n) is 5.89. The van der Waals surface area contributed by atoms with Crippen molar-refractivity contribution in [3.63, 3.8) is 0 Å². The average molecular weight is 320 g/mol. The van der Waals surface area contributed by atoms with Gasteiger partial charge in [0, 0.05) is 10.2 Å². The Morgan fingerprint density at radius 1 is 1.16 bits per heavy atom. The van der Waals surface area contributed by atoms with Crippen LogP contribution in [0.25, 0.3) is 0 Å². The van der Waals surface area contributed by atoms with Gasteiger partial charge in [-0.1, -0.05) is 52.3 Å². The van der Waals surface area contributed by atoms with Crippen LogP contribution in [0.4, 0.5) is 10.5 Å². The fourth-order valence-corrected chi connectivity index (χ4v) is 1.98. The quantitative estimate of drug-likeness (QED) is 0.904. The van der Waals surface area contributed by atoms with E-state index in [-0.39, 0.29) is 6.61 Å². The molecule has 19 heavy (non-hydrogen) atoms. The molecule has 98 valence electrons. The Kier molecular flexibility index (Phi) is 4.58. The number of ether oxygens (including phenoxy) is 1. The van der Waals surface area contributed by atoms with Crippen LogP contribution in [0.1, 0.15) is 11.1 Å². The Hall–Kier alpha value is -1.81. The van der Waals surface area contributed by atoms with Crippen LogP contribution in [0.3, 0.4) is 0 Å². The van der Waals surface area contributed by atoms with E-state index >= 15 is 0 Å². The second-order valence-electron chi connectivity index (χ2n) is 4.10. The lowest BCUT2D eigenvalue weighted by molar-refractivity contribution is 0.155. The molecule has 1 N–H and O–H groups in total. The van der Waals surface area contributed by atoms with Crippen molar-refractivity contribution in [2.24, 2.45) is 0 Å². The van der Waals surface area contributed by atoms with Gasteiger partial charge >= 0.3 is 6.09 Å². The van der Waals surface area contributed by atoms with Crippen molar-refractivity contribution in [1.82, 2.24) is 0 Å². The van der Waals surface area contributed by atoms with Crippen molar-refractivity contribution >= 4 is 27.7 Å². The maximum atomic E-state index is 11.7. The number of halogens is 1. The Morgan fingerprint density at radius 2 is 1.89 bits per heavy atom. The topological polar surface area (TPSA) is 38.3 Å². The number of benzene rings is 2. The zero-order valence-corrected chi connectivity index (χ0v) is 12.1. The molecule has 0 radical (unpaired) electrons. The third kappa shape index (κ3) is 3.83. The van der Waals surface area contributed by atoms with Gasteiger partial charge in [0.2, 0.25) is 0 Å². The molecule has 1 amide bonds. The molecule has 0 saturated carbocycles. The number of amides is 1. The lowest BCUT2D eigenvalue weighted by Crippen LogP contribution is -2.14. The van der Waals surface area contributed by atoms with E-state index in [1.807, 2.05) is 55.5 Å². The number of nitrogens with one attached hydrogen (secondary N) is 1. The number of hydrogen-bond donors (Lipinski definition) is 1. The lowest BCUT2D eigenvalue weighted by atomic mass is 10.2. The highest BCUT2D eigenvalue weighted by molar-refractivity contribution is 9.10. The Labute approximate surface area is 120 Å². The van der Waals surface area contributed by atoms with Gasteiger partial charge < -0.3 is 4.74 Å². The predicted molar refractivity (Wildman–Crippen MR) is 79.1 cm³/mol. The molecule has 0 heterocycles. The first-order valence-corrected chi connectivity index (χ1v) is 6.69. The van der Waals surface area contributed by atoms with Gasteiger partial charge in [0.25, 0.3) is 0 Å². The third-order valence-electron chi connectivity index (χ3n) is 2.72. The Balaban J connectivity index is 1.93. The van der Waals surface area contributed by atoms with E-state index in [1.165, 1.54) is 0 Å². The fourth-order valence-electron chi connectivity index (χ4n) is 1.61. The summed E-state index contributed by atoms with van der Waals surface area (Å²) in [7, 11) is 0. The molecule has 2 aromatic carbocycles. The summed E-state index contributed by atoms with van der Waals surface area (Å²) in [5, 5.41) is 2.73. The summed E-state index contributed by atoms with van der Waals surface area (Å²) >= 11 is 3.42. The van der Waals surface area contributed by atoms with E-state index in [2.05, 4.69) is 21.2 Å². The van der Waals surface area contributed by atoms with Gasteiger partial charge in [0.05, 0.1) is 0 Å². The van der Waals surface area contributed by atoms with Crippen LogP contribution in [0.2, 0.25) is 0 Å². The monoisotopic (exact) mass is 319 g/mol. The van der Waals surface area contributed by atoms with Crippen LogP contribution in [0.5, 0.6) is 0 Å². The van der Waals surface area contributed by atoms with Gasteiger partial charge in [-0.2, -0.15) is 0 Å². The first kappa shape index (κ1) is 13.6. The highest BCUT2D eigenvalue weighted by Crippen LogP contribution is 2.23. The second kappa shape index (κ2) is 6.38. The van der Waals surface area contributed by atoms with Crippen LogP contribution in [0, 0.1) is 6.92 Å². The van der Waals surface area contributed by atoms with E-state index in [0.717, 1.165) is 21.3 Å². The van der Waals surface area contributed by atoms with Crippen molar-refractivity contribution < 1.29 is 9.53 Å². The average Bonchev–Trinajstić information content (AvgIpc) is 2.43. The van der Waals surface area contributed by atoms with Crippen LogP contribution in [-0.2, 0) is 11.3 Å². The van der Waals surface area contributed by atoms with Crippen LogP contribution >= 0.6 is 15.9 Å². The van der Waals surface area contributed by atoms with E-state index in [1.54, 1.807) is 0 Å². The standard InChI is InChI=1S/C15H14BrNO2/c1-11-13(16)8-5-9-14(11)17-15(18)19-10-12-6-3-2-4-7-12/h2-9H,10H2,1H3,(H,17,18). The maximum Gasteiger partial charge on any atom is 0.411 e. The molecule has 0 bridgehead atoms. The number of carbonyl (C=O) groups excluding carboxylic acids is 1. The van der Waals surface area contributed by atoms with Crippen molar-refractivity contribution in [2.45, 2.75) is 13.5 Å². The summed E-state index contributed by atoms with van der Waals surface area (Å²) in [4.78, 5) is 11.7. The minimum Gasteiger partial charge on any atom is -0.444 e. The molecule has 4 heteroatoms. The largest absolute Gasteiger partial charge is 0.444 e. The molecule has 0 atom stereocenters. The SMILES string of the molecule is Cc1c(Br)cccc1NC(=O)OCc1ccccc1. The van der Waals surface area contributed by atoms with E-state index < -0.39 is 6.09 Å². The summed E-state index contributed by atoms with van der Waals surface area (Å²) in [5.41, 5.74) is 2.68. The number of carbonyl (C=O) groups is 1. The summed E-state index contributed by atoms with van der Waals surface area (Å²) in [5.74, 6) is 0. The highest BCUT2D eigenvalue weighted by atomic mass is 79.9. The maximum absolute atomic E-state index is 11.7. The van der Waals surface area contributed by atoms with Crippen LogP contribution in [-0.4, -0.2) is 6.09 Å². The number of hydrogen-bond acceptors (Lipinski definition) is 2. The minimum absolute atomic E-state index is 0.264. The summed E-state index contributed by atoms with van der Waals surface area (Å²) in [6.07, 6.45) is -0.454. The van der Waals surface area contributed by atoms with E-state index in [4.69, 9.17) is 4.74 Å². The molecule has 0 spiro atoms. The summed E-state index contributed by atoms with van der Waals surface area (Å²) < 4.78 is 6.11. The second-order valence-corrected chi connectivity index (χ2v) is 4.95. The molecule has 0 aliphatic rings. The molecule has 0 saturated heterocycles. The minimum atomic E-state index is -0.454. The number of rotatable bonds is 3. The lowest BCUT2D eigenvalue weighted by Gasteiger charge is -2.10.